The molecule has 4 rings (SSSR count). The summed E-state index contributed by atoms with van der Waals surface area (Å²) in [6.45, 7) is 2.08. The summed E-state index contributed by atoms with van der Waals surface area (Å²) in [5.41, 5.74) is 0.907. The van der Waals surface area contributed by atoms with Crippen LogP contribution in [0.3, 0.4) is 0 Å². The molecule has 134 valence electrons. The summed E-state index contributed by atoms with van der Waals surface area (Å²) in [6, 6.07) is 0. The van der Waals surface area contributed by atoms with E-state index in [1.165, 1.54) is 16.0 Å². The van der Waals surface area contributed by atoms with Crippen molar-refractivity contribution in [1.29, 1.82) is 0 Å². The summed E-state index contributed by atoms with van der Waals surface area (Å²) in [6.07, 6.45) is 8.23. The largest absolute Gasteiger partial charge is 0.461 e. The molecule has 2 aliphatic carbocycles. The molecule has 0 radical (unpaired) electrons. The third-order valence-corrected chi connectivity index (χ3v) is 6.45. The van der Waals surface area contributed by atoms with Gasteiger partial charge in [0.15, 0.2) is 4.83 Å². The number of ether oxygens (including phenoxy) is 1. The minimum absolute atomic E-state index is 0.0102. The van der Waals surface area contributed by atoms with Crippen molar-refractivity contribution >= 4 is 27.5 Å². The normalized spacial score (nSPS) is 21.2. The van der Waals surface area contributed by atoms with E-state index >= 15 is 0 Å². The fourth-order valence-electron chi connectivity index (χ4n) is 3.92. The second kappa shape index (κ2) is 6.86. The first-order valence-corrected chi connectivity index (χ1v) is 10.0. The Hall–Kier alpha value is -1.76. The molecular weight excluding hydrogens is 338 g/mol. The first-order chi connectivity index (χ1) is 12.1. The predicted molar refractivity (Wildman–Crippen MR) is 95.8 cm³/mol. The molecule has 0 spiro atoms. The van der Waals surface area contributed by atoms with Gasteiger partial charge in [0.2, 0.25) is 0 Å². The lowest BCUT2D eigenvalue weighted by atomic mass is 9.89. The standard InChI is InChI=1S/C18H23N3O3S/c1-11-7-8-13-14(9-11)25-17-16(13)18(23)21(20-19-17)10-15(22)24-12-5-3-2-4-6-12/h11-12H,2-10H2,1H3/t11-/m1/s1. The lowest BCUT2D eigenvalue weighted by Crippen LogP contribution is -2.31. The zero-order chi connectivity index (χ0) is 17.4. The molecule has 0 amide bonds. The van der Waals surface area contributed by atoms with Crippen molar-refractivity contribution in [2.45, 2.75) is 70.9 Å². The first-order valence-electron chi connectivity index (χ1n) is 9.19. The van der Waals surface area contributed by atoms with Crippen LogP contribution in [0, 0.1) is 5.92 Å². The van der Waals surface area contributed by atoms with Gasteiger partial charge in [-0.25, -0.2) is 0 Å². The van der Waals surface area contributed by atoms with Crippen molar-refractivity contribution in [2.24, 2.45) is 5.92 Å². The fourth-order valence-corrected chi connectivity index (χ4v) is 5.24. The zero-order valence-corrected chi connectivity index (χ0v) is 15.3. The Morgan fingerprint density at radius 2 is 2.08 bits per heavy atom. The Morgan fingerprint density at radius 3 is 2.88 bits per heavy atom. The van der Waals surface area contributed by atoms with E-state index in [9.17, 15) is 9.59 Å². The summed E-state index contributed by atoms with van der Waals surface area (Å²) in [7, 11) is 0. The lowest BCUT2D eigenvalue weighted by Gasteiger charge is -2.21. The highest BCUT2D eigenvalue weighted by atomic mass is 32.1. The number of hydrogen-bond acceptors (Lipinski definition) is 6. The predicted octanol–water partition coefficient (Wildman–Crippen LogP) is 2.85. The van der Waals surface area contributed by atoms with E-state index in [1.54, 1.807) is 11.3 Å². The summed E-state index contributed by atoms with van der Waals surface area (Å²) >= 11 is 1.57. The number of aromatic nitrogens is 3. The molecule has 1 saturated carbocycles. The van der Waals surface area contributed by atoms with Crippen LogP contribution >= 0.6 is 11.3 Å². The number of rotatable bonds is 3. The van der Waals surface area contributed by atoms with Crippen LogP contribution in [0.15, 0.2) is 4.79 Å². The molecule has 0 aliphatic heterocycles. The SMILES string of the molecule is C[C@@H]1CCc2c(sc3nnn(CC(=O)OC4CCCCC4)c(=O)c23)C1. The third kappa shape index (κ3) is 3.34. The van der Waals surface area contributed by atoms with Gasteiger partial charge in [0.1, 0.15) is 12.6 Å². The van der Waals surface area contributed by atoms with E-state index in [0.717, 1.165) is 50.5 Å². The van der Waals surface area contributed by atoms with Gasteiger partial charge in [0.25, 0.3) is 5.56 Å². The van der Waals surface area contributed by atoms with E-state index in [2.05, 4.69) is 17.2 Å². The average molecular weight is 361 g/mol. The van der Waals surface area contributed by atoms with Crippen molar-refractivity contribution in [3.8, 4) is 0 Å². The van der Waals surface area contributed by atoms with E-state index in [4.69, 9.17) is 4.74 Å². The first kappa shape index (κ1) is 16.7. The van der Waals surface area contributed by atoms with E-state index in [1.807, 2.05) is 0 Å². The van der Waals surface area contributed by atoms with Gasteiger partial charge >= 0.3 is 5.97 Å². The summed E-state index contributed by atoms with van der Waals surface area (Å²) in [5.74, 6) is 0.251. The highest BCUT2D eigenvalue weighted by molar-refractivity contribution is 7.18. The second-order valence-electron chi connectivity index (χ2n) is 7.33. The highest BCUT2D eigenvalue weighted by Gasteiger charge is 2.24. The zero-order valence-electron chi connectivity index (χ0n) is 14.5. The third-order valence-electron chi connectivity index (χ3n) is 5.31. The van der Waals surface area contributed by atoms with Gasteiger partial charge in [-0.15, -0.1) is 16.4 Å². The number of nitrogens with zero attached hydrogens (tertiary/aromatic N) is 3. The highest BCUT2D eigenvalue weighted by Crippen LogP contribution is 2.35. The Balaban J connectivity index is 1.57. The van der Waals surface area contributed by atoms with Crippen molar-refractivity contribution in [3.05, 3.63) is 20.8 Å². The minimum Gasteiger partial charge on any atom is -0.461 e. The summed E-state index contributed by atoms with van der Waals surface area (Å²) < 4.78 is 6.67. The van der Waals surface area contributed by atoms with Crippen LogP contribution in [0.1, 0.15) is 55.9 Å². The number of esters is 1. The Kier molecular flexibility index (Phi) is 4.58. The van der Waals surface area contributed by atoms with Crippen molar-refractivity contribution in [2.75, 3.05) is 0 Å². The van der Waals surface area contributed by atoms with Crippen LogP contribution in [0.4, 0.5) is 0 Å². The van der Waals surface area contributed by atoms with Crippen molar-refractivity contribution in [3.63, 3.8) is 0 Å². The number of fused-ring (bicyclic) bond motifs is 3. The second-order valence-corrected chi connectivity index (χ2v) is 8.42. The quantitative estimate of drug-likeness (QED) is 0.786. The van der Waals surface area contributed by atoms with Gasteiger partial charge in [-0.05, 0) is 56.4 Å². The van der Waals surface area contributed by atoms with Gasteiger partial charge in [-0.3, -0.25) is 9.59 Å². The number of thiophene rings is 1. The van der Waals surface area contributed by atoms with Crippen LogP contribution in [0.5, 0.6) is 0 Å². The van der Waals surface area contributed by atoms with Crippen LogP contribution in [-0.2, 0) is 28.9 Å². The average Bonchev–Trinajstić information content (AvgIpc) is 2.96. The molecule has 2 aromatic rings. The molecule has 0 unspecified atom stereocenters. The fraction of sp³-hybridized carbons (Fsp3) is 0.667. The van der Waals surface area contributed by atoms with E-state index < -0.39 is 0 Å². The summed E-state index contributed by atoms with van der Waals surface area (Å²) in [5, 5.41) is 8.82. The molecule has 6 nitrogen and oxygen atoms in total. The molecule has 25 heavy (non-hydrogen) atoms. The van der Waals surface area contributed by atoms with Gasteiger partial charge in [0.05, 0.1) is 5.39 Å². The molecule has 0 bridgehead atoms. The number of carbonyl (C=O) groups is 1. The monoisotopic (exact) mass is 361 g/mol. The molecule has 2 aliphatic rings. The van der Waals surface area contributed by atoms with Gasteiger partial charge in [0, 0.05) is 4.88 Å². The molecule has 2 heterocycles. The molecule has 1 fully saturated rings. The maximum Gasteiger partial charge on any atom is 0.328 e. The number of carbonyl (C=O) groups excluding carboxylic acids is 1. The maximum atomic E-state index is 12.8. The van der Waals surface area contributed by atoms with Gasteiger partial charge in [-0.2, -0.15) is 4.68 Å². The van der Waals surface area contributed by atoms with E-state index in [-0.39, 0.29) is 24.2 Å². The minimum atomic E-state index is -0.389. The molecule has 2 aromatic heterocycles. The molecule has 0 saturated heterocycles. The van der Waals surface area contributed by atoms with Gasteiger partial charge in [-0.1, -0.05) is 18.6 Å². The molecule has 0 aromatic carbocycles. The van der Waals surface area contributed by atoms with Crippen molar-refractivity contribution in [1.82, 2.24) is 15.0 Å². The van der Waals surface area contributed by atoms with E-state index in [0.29, 0.717) is 16.1 Å². The lowest BCUT2D eigenvalue weighted by molar-refractivity contribution is -0.151. The topological polar surface area (TPSA) is 74.1 Å². The molecular formula is C18H23N3O3S. The Morgan fingerprint density at radius 1 is 1.28 bits per heavy atom. The van der Waals surface area contributed by atoms with Crippen LogP contribution in [0.25, 0.3) is 10.2 Å². The molecule has 1 atom stereocenters. The van der Waals surface area contributed by atoms with Crippen LogP contribution in [0.2, 0.25) is 0 Å². The summed E-state index contributed by atoms with van der Waals surface area (Å²) in [4.78, 5) is 27.0. The van der Waals surface area contributed by atoms with Crippen molar-refractivity contribution < 1.29 is 9.53 Å². The number of aryl methyl sites for hydroxylation is 1. The Labute approximate surface area is 150 Å². The van der Waals surface area contributed by atoms with Gasteiger partial charge < -0.3 is 4.74 Å². The van der Waals surface area contributed by atoms with Crippen LogP contribution < -0.4 is 5.56 Å². The smallest absolute Gasteiger partial charge is 0.328 e. The number of hydrogen-bond donors (Lipinski definition) is 0. The van der Waals surface area contributed by atoms with Crippen LogP contribution in [-0.4, -0.2) is 27.1 Å². The molecule has 0 N–H and O–H groups in total. The molecule has 7 heteroatoms. The maximum absolute atomic E-state index is 12.8. The Bertz CT molecular complexity index is 851.